The van der Waals surface area contributed by atoms with Crippen molar-refractivity contribution in [2.75, 3.05) is 0 Å². The monoisotopic (exact) mass is 308 g/mol. The van der Waals surface area contributed by atoms with Crippen LogP contribution in [0.2, 0.25) is 0 Å². The van der Waals surface area contributed by atoms with Crippen LogP contribution in [0.3, 0.4) is 0 Å². The topological polar surface area (TPSA) is 24.9 Å². The van der Waals surface area contributed by atoms with E-state index in [-0.39, 0.29) is 11.9 Å². The molecule has 1 aromatic carbocycles. The molecule has 2 rings (SSSR count). The summed E-state index contributed by atoms with van der Waals surface area (Å²) in [5.41, 5.74) is 2.02. The Morgan fingerprint density at radius 2 is 2.11 bits per heavy atom. The van der Waals surface area contributed by atoms with Crippen LogP contribution in [-0.4, -0.2) is 4.98 Å². The number of aromatic nitrogens is 1. The Bertz CT molecular complexity index is 531. The van der Waals surface area contributed by atoms with E-state index in [1.165, 1.54) is 17.8 Å². The highest BCUT2D eigenvalue weighted by Crippen LogP contribution is 2.18. The Labute approximate surface area is 114 Å². The molecule has 0 aliphatic heterocycles. The summed E-state index contributed by atoms with van der Waals surface area (Å²) >= 11 is 3.50. The van der Waals surface area contributed by atoms with Gasteiger partial charge in [0.05, 0.1) is 6.20 Å². The zero-order chi connectivity index (χ0) is 13.0. The fraction of sp³-hybridized carbons (Fsp3) is 0.214. The number of nitrogens with zero attached hydrogens (tertiary/aromatic N) is 1. The molecular formula is C14H14BrFN2. The van der Waals surface area contributed by atoms with Crippen molar-refractivity contribution in [2.24, 2.45) is 0 Å². The van der Waals surface area contributed by atoms with E-state index in [1.807, 2.05) is 31.2 Å². The largest absolute Gasteiger partial charge is 0.306 e. The van der Waals surface area contributed by atoms with Crippen LogP contribution in [0.15, 0.2) is 47.2 Å². The highest BCUT2D eigenvalue weighted by Gasteiger charge is 2.07. The van der Waals surface area contributed by atoms with E-state index in [1.54, 1.807) is 6.20 Å². The number of pyridine rings is 1. The van der Waals surface area contributed by atoms with Gasteiger partial charge in [-0.2, -0.15) is 0 Å². The standard InChI is InChI=1S/C14H14BrFN2/c1-10(12-6-13(16)9-17-7-12)18-8-11-4-2-3-5-14(11)15/h2-7,9-10,18H,8H2,1H3. The third-order valence-corrected chi connectivity index (χ3v) is 3.56. The Balaban J connectivity index is 2.00. The second kappa shape index (κ2) is 6.07. The van der Waals surface area contributed by atoms with Crippen LogP contribution < -0.4 is 5.32 Å². The molecular weight excluding hydrogens is 295 g/mol. The van der Waals surface area contributed by atoms with Crippen molar-refractivity contribution in [1.82, 2.24) is 10.3 Å². The molecule has 0 spiro atoms. The normalized spacial score (nSPS) is 12.4. The van der Waals surface area contributed by atoms with Crippen LogP contribution in [0, 0.1) is 5.82 Å². The SMILES string of the molecule is CC(NCc1ccccc1Br)c1cncc(F)c1. The molecule has 0 saturated carbocycles. The first-order valence-electron chi connectivity index (χ1n) is 5.74. The van der Waals surface area contributed by atoms with Crippen molar-refractivity contribution >= 4 is 15.9 Å². The first-order chi connectivity index (χ1) is 8.66. The smallest absolute Gasteiger partial charge is 0.141 e. The van der Waals surface area contributed by atoms with Crippen molar-refractivity contribution in [1.29, 1.82) is 0 Å². The minimum Gasteiger partial charge on any atom is -0.306 e. The number of halogens is 2. The van der Waals surface area contributed by atoms with Gasteiger partial charge in [-0.15, -0.1) is 0 Å². The van der Waals surface area contributed by atoms with Crippen molar-refractivity contribution in [3.63, 3.8) is 0 Å². The molecule has 1 N–H and O–H groups in total. The zero-order valence-electron chi connectivity index (χ0n) is 10.0. The average Bonchev–Trinajstić information content (AvgIpc) is 2.37. The summed E-state index contributed by atoms with van der Waals surface area (Å²) in [6, 6.07) is 9.59. The number of hydrogen-bond acceptors (Lipinski definition) is 2. The first-order valence-corrected chi connectivity index (χ1v) is 6.53. The minimum atomic E-state index is -0.304. The van der Waals surface area contributed by atoms with E-state index < -0.39 is 0 Å². The number of nitrogens with one attached hydrogen (secondary N) is 1. The van der Waals surface area contributed by atoms with Crippen LogP contribution in [0.25, 0.3) is 0 Å². The van der Waals surface area contributed by atoms with Gasteiger partial charge in [0.1, 0.15) is 5.82 Å². The molecule has 18 heavy (non-hydrogen) atoms. The lowest BCUT2D eigenvalue weighted by atomic mass is 10.1. The van der Waals surface area contributed by atoms with Crippen LogP contribution in [0.4, 0.5) is 4.39 Å². The lowest BCUT2D eigenvalue weighted by Gasteiger charge is -2.14. The van der Waals surface area contributed by atoms with E-state index in [4.69, 9.17) is 0 Å². The Morgan fingerprint density at radius 1 is 1.33 bits per heavy atom. The summed E-state index contributed by atoms with van der Waals surface area (Å²) in [5, 5.41) is 3.35. The summed E-state index contributed by atoms with van der Waals surface area (Å²) in [5.74, 6) is -0.304. The fourth-order valence-electron chi connectivity index (χ4n) is 1.69. The average molecular weight is 309 g/mol. The Morgan fingerprint density at radius 3 is 2.83 bits per heavy atom. The number of hydrogen-bond donors (Lipinski definition) is 1. The third kappa shape index (κ3) is 3.37. The predicted octanol–water partition coefficient (Wildman–Crippen LogP) is 3.83. The molecule has 1 heterocycles. The Hall–Kier alpha value is -1.26. The molecule has 1 unspecified atom stereocenters. The number of benzene rings is 1. The van der Waals surface area contributed by atoms with Gasteiger partial charge in [0.2, 0.25) is 0 Å². The molecule has 0 saturated heterocycles. The van der Waals surface area contributed by atoms with Crippen LogP contribution >= 0.6 is 15.9 Å². The van der Waals surface area contributed by atoms with E-state index in [0.29, 0.717) is 0 Å². The predicted molar refractivity (Wildman–Crippen MR) is 73.6 cm³/mol. The molecule has 0 fully saturated rings. The maximum Gasteiger partial charge on any atom is 0.141 e. The van der Waals surface area contributed by atoms with Crippen molar-refractivity contribution < 1.29 is 4.39 Å². The highest BCUT2D eigenvalue weighted by atomic mass is 79.9. The fourth-order valence-corrected chi connectivity index (χ4v) is 2.11. The molecule has 1 aromatic heterocycles. The maximum absolute atomic E-state index is 13.1. The zero-order valence-corrected chi connectivity index (χ0v) is 11.6. The molecule has 0 bridgehead atoms. The van der Waals surface area contributed by atoms with E-state index in [0.717, 1.165) is 16.6 Å². The molecule has 0 radical (unpaired) electrons. The lowest BCUT2D eigenvalue weighted by molar-refractivity contribution is 0.560. The highest BCUT2D eigenvalue weighted by molar-refractivity contribution is 9.10. The lowest BCUT2D eigenvalue weighted by Crippen LogP contribution is -2.18. The summed E-state index contributed by atoms with van der Waals surface area (Å²) in [6.07, 6.45) is 2.89. The van der Waals surface area contributed by atoms with E-state index >= 15 is 0 Å². The van der Waals surface area contributed by atoms with Gasteiger partial charge in [-0.3, -0.25) is 4.98 Å². The van der Waals surface area contributed by atoms with Gasteiger partial charge in [0.25, 0.3) is 0 Å². The molecule has 1 atom stereocenters. The summed E-state index contributed by atoms with van der Waals surface area (Å²) in [7, 11) is 0. The first kappa shape index (κ1) is 13.2. The Kier molecular flexibility index (Phi) is 4.44. The van der Waals surface area contributed by atoms with Crippen molar-refractivity contribution in [3.05, 3.63) is 64.1 Å². The molecule has 2 aromatic rings. The third-order valence-electron chi connectivity index (χ3n) is 2.78. The minimum absolute atomic E-state index is 0.0558. The molecule has 0 aliphatic carbocycles. The molecule has 0 amide bonds. The molecule has 94 valence electrons. The van der Waals surface area contributed by atoms with Gasteiger partial charge < -0.3 is 5.32 Å². The summed E-state index contributed by atoms with van der Waals surface area (Å²) in [6.45, 7) is 2.71. The van der Waals surface area contributed by atoms with Crippen LogP contribution in [0.5, 0.6) is 0 Å². The molecule has 2 nitrogen and oxygen atoms in total. The summed E-state index contributed by atoms with van der Waals surface area (Å²) < 4.78 is 14.1. The van der Waals surface area contributed by atoms with Crippen molar-refractivity contribution in [2.45, 2.75) is 19.5 Å². The van der Waals surface area contributed by atoms with Crippen LogP contribution in [-0.2, 0) is 6.54 Å². The summed E-state index contributed by atoms with van der Waals surface area (Å²) in [4.78, 5) is 3.85. The van der Waals surface area contributed by atoms with Crippen LogP contribution in [0.1, 0.15) is 24.1 Å². The van der Waals surface area contributed by atoms with Crippen molar-refractivity contribution in [3.8, 4) is 0 Å². The number of rotatable bonds is 4. The molecule has 0 aliphatic rings. The second-order valence-electron chi connectivity index (χ2n) is 4.13. The van der Waals surface area contributed by atoms with Gasteiger partial charge in [-0.05, 0) is 30.2 Å². The van der Waals surface area contributed by atoms with Gasteiger partial charge in [0, 0.05) is 23.3 Å². The van der Waals surface area contributed by atoms with Gasteiger partial charge in [0.15, 0.2) is 0 Å². The second-order valence-corrected chi connectivity index (χ2v) is 4.98. The quantitative estimate of drug-likeness (QED) is 0.928. The van der Waals surface area contributed by atoms with Gasteiger partial charge in [-0.25, -0.2) is 4.39 Å². The molecule has 4 heteroatoms. The van der Waals surface area contributed by atoms with E-state index in [2.05, 4.69) is 26.2 Å². The van der Waals surface area contributed by atoms with Gasteiger partial charge >= 0.3 is 0 Å². The van der Waals surface area contributed by atoms with Gasteiger partial charge in [-0.1, -0.05) is 34.1 Å². The van der Waals surface area contributed by atoms with E-state index in [9.17, 15) is 4.39 Å². The maximum atomic E-state index is 13.1.